The van der Waals surface area contributed by atoms with Crippen LogP contribution >= 0.6 is 22.6 Å². The van der Waals surface area contributed by atoms with Gasteiger partial charge in [0.05, 0.1) is 12.7 Å². The quantitative estimate of drug-likeness (QED) is 0.836. The summed E-state index contributed by atoms with van der Waals surface area (Å²) in [5.41, 5.74) is 0.617. The van der Waals surface area contributed by atoms with Gasteiger partial charge in [-0.1, -0.05) is 6.07 Å². The number of anilines is 1. The first-order valence-corrected chi connectivity index (χ1v) is 6.58. The summed E-state index contributed by atoms with van der Waals surface area (Å²) < 4.78 is 19.6. The van der Waals surface area contributed by atoms with Crippen LogP contribution in [-0.4, -0.2) is 13.0 Å². The van der Waals surface area contributed by atoms with Crippen molar-refractivity contribution in [1.29, 1.82) is 0 Å². The molecule has 0 saturated carbocycles. The standard InChI is InChI=1S/C14H11FINO2/c1-19-11-5-6-12(13(15)8-11)14(18)17-10-4-2-3-9(16)7-10/h2-8H,1H3,(H,17,18). The summed E-state index contributed by atoms with van der Waals surface area (Å²) in [6, 6.07) is 11.4. The highest BCUT2D eigenvalue weighted by Gasteiger charge is 2.12. The fourth-order valence-electron chi connectivity index (χ4n) is 1.57. The van der Waals surface area contributed by atoms with Crippen LogP contribution in [0, 0.1) is 9.39 Å². The first-order chi connectivity index (χ1) is 9.10. The van der Waals surface area contributed by atoms with Crippen molar-refractivity contribution in [3.63, 3.8) is 0 Å². The zero-order chi connectivity index (χ0) is 13.8. The van der Waals surface area contributed by atoms with Gasteiger partial charge in [-0.2, -0.15) is 0 Å². The van der Waals surface area contributed by atoms with E-state index in [0.29, 0.717) is 11.4 Å². The summed E-state index contributed by atoms with van der Waals surface area (Å²) >= 11 is 2.14. The SMILES string of the molecule is COc1ccc(C(=O)Nc2cccc(I)c2)c(F)c1. The van der Waals surface area contributed by atoms with E-state index in [2.05, 4.69) is 27.9 Å². The van der Waals surface area contributed by atoms with Crippen molar-refractivity contribution in [1.82, 2.24) is 0 Å². The molecule has 2 aromatic carbocycles. The minimum Gasteiger partial charge on any atom is -0.497 e. The molecule has 0 unspecified atom stereocenters. The first-order valence-electron chi connectivity index (χ1n) is 5.50. The molecule has 0 aliphatic carbocycles. The number of halogens is 2. The normalized spacial score (nSPS) is 10.1. The molecule has 3 nitrogen and oxygen atoms in total. The van der Waals surface area contributed by atoms with Gasteiger partial charge in [-0.3, -0.25) is 4.79 Å². The molecule has 0 bridgehead atoms. The van der Waals surface area contributed by atoms with E-state index in [4.69, 9.17) is 4.74 Å². The fourth-order valence-corrected chi connectivity index (χ4v) is 2.11. The maximum atomic E-state index is 13.7. The molecule has 2 aromatic rings. The number of carbonyl (C=O) groups excluding carboxylic acids is 1. The summed E-state index contributed by atoms with van der Waals surface area (Å²) in [5.74, 6) is -0.715. The third kappa shape index (κ3) is 3.44. The third-order valence-electron chi connectivity index (χ3n) is 2.50. The van der Waals surface area contributed by atoms with Crippen molar-refractivity contribution in [2.45, 2.75) is 0 Å². The van der Waals surface area contributed by atoms with E-state index in [0.717, 1.165) is 3.57 Å². The molecule has 1 N–H and O–H groups in total. The van der Waals surface area contributed by atoms with Crippen LogP contribution in [0.2, 0.25) is 0 Å². The van der Waals surface area contributed by atoms with E-state index in [1.807, 2.05) is 12.1 Å². The van der Waals surface area contributed by atoms with Gasteiger partial charge in [-0.05, 0) is 52.9 Å². The Morgan fingerprint density at radius 3 is 2.68 bits per heavy atom. The van der Waals surface area contributed by atoms with Crippen LogP contribution < -0.4 is 10.1 Å². The Kier molecular flexibility index (Phi) is 4.36. The minimum absolute atomic E-state index is 0.0142. The lowest BCUT2D eigenvalue weighted by molar-refractivity contribution is 0.102. The molecular formula is C14H11FINO2. The number of ether oxygens (including phenoxy) is 1. The molecule has 0 aliphatic rings. The molecule has 0 atom stereocenters. The van der Waals surface area contributed by atoms with Crippen LogP contribution in [0.5, 0.6) is 5.75 Å². The van der Waals surface area contributed by atoms with Gasteiger partial charge in [-0.25, -0.2) is 4.39 Å². The van der Waals surface area contributed by atoms with E-state index < -0.39 is 11.7 Å². The zero-order valence-electron chi connectivity index (χ0n) is 10.1. The predicted molar refractivity (Wildman–Crippen MR) is 80.1 cm³/mol. The summed E-state index contributed by atoms with van der Waals surface area (Å²) in [7, 11) is 1.44. The van der Waals surface area contributed by atoms with Gasteiger partial charge in [0.15, 0.2) is 0 Å². The molecular weight excluding hydrogens is 360 g/mol. The third-order valence-corrected chi connectivity index (χ3v) is 3.17. The number of hydrogen-bond donors (Lipinski definition) is 1. The number of methoxy groups -OCH3 is 1. The van der Waals surface area contributed by atoms with E-state index in [1.54, 1.807) is 18.2 Å². The van der Waals surface area contributed by atoms with Crippen LogP contribution in [0.15, 0.2) is 42.5 Å². The molecule has 2 rings (SSSR count). The number of benzene rings is 2. The highest BCUT2D eigenvalue weighted by Crippen LogP contribution is 2.18. The monoisotopic (exact) mass is 371 g/mol. The number of rotatable bonds is 3. The molecule has 0 aromatic heterocycles. The van der Waals surface area contributed by atoms with Crippen LogP contribution in [0.4, 0.5) is 10.1 Å². The number of nitrogens with one attached hydrogen (secondary N) is 1. The average Bonchev–Trinajstić information content (AvgIpc) is 2.38. The van der Waals surface area contributed by atoms with Crippen LogP contribution in [0.3, 0.4) is 0 Å². The smallest absolute Gasteiger partial charge is 0.258 e. The van der Waals surface area contributed by atoms with Crippen molar-refractivity contribution in [2.24, 2.45) is 0 Å². The predicted octanol–water partition coefficient (Wildman–Crippen LogP) is 3.69. The fraction of sp³-hybridized carbons (Fsp3) is 0.0714. The molecule has 5 heteroatoms. The lowest BCUT2D eigenvalue weighted by Gasteiger charge is -2.07. The number of hydrogen-bond acceptors (Lipinski definition) is 2. The van der Waals surface area contributed by atoms with Crippen molar-refractivity contribution >= 4 is 34.2 Å². The molecule has 0 aliphatic heterocycles. The second-order valence-electron chi connectivity index (χ2n) is 3.81. The van der Waals surface area contributed by atoms with Gasteiger partial charge in [0, 0.05) is 15.3 Å². The maximum Gasteiger partial charge on any atom is 0.258 e. The van der Waals surface area contributed by atoms with Gasteiger partial charge in [-0.15, -0.1) is 0 Å². The van der Waals surface area contributed by atoms with Gasteiger partial charge in [0.2, 0.25) is 0 Å². The Labute approximate surface area is 123 Å². The van der Waals surface area contributed by atoms with Crippen LogP contribution in [-0.2, 0) is 0 Å². The van der Waals surface area contributed by atoms with E-state index in [1.165, 1.54) is 19.2 Å². The Morgan fingerprint density at radius 2 is 2.05 bits per heavy atom. The summed E-state index contributed by atoms with van der Waals surface area (Å²) in [5, 5.41) is 2.65. The molecule has 0 radical (unpaired) electrons. The van der Waals surface area contributed by atoms with E-state index in [-0.39, 0.29) is 5.56 Å². The highest BCUT2D eigenvalue weighted by atomic mass is 127. The Bertz CT molecular complexity index is 616. The average molecular weight is 371 g/mol. The molecule has 0 fully saturated rings. The molecule has 98 valence electrons. The van der Waals surface area contributed by atoms with Gasteiger partial charge in [0.1, 0.15) is 11.6 Å². The zero-order valence-corrected chi connectivity index (χ0v) is 12.3. The number of amides is 1. The van der Waals surface area contributed by atoms with Gasteiger partial charge >= 0.3 is 0 Å². The van der Waals surface area contributed by atoms with Gasteiger partial charge in [0.25, 0.3) is 5.91 Å². The van der Waals surface area contributed by atoms with Crippen molar-refractivity contribution in [3.8, 4) is 5.75 Å². The highest BCUT2D eigenvalue weighted by molar-refractivity contribution is 14.1. The molecule has 0 saturated heterocycles. The summed E-state index contributed by atoms with van der Waals surface area (Å²) in [6.45, 7) is 0. The minimum atomic E-state index is -0.609. The second kappa shape index (κ2) is 6.01. The first kappa shape index (κ1) is 13.8. The van der Waals surface area contributed by atoms with Crippen molar-refractivity contribution < 1.29 is 13.9 Å². The molecule has 0 spiro atoms. The second-order valence-corrected chi connectivity index (χ2v) is 5.06. The van der Waals surface area contributed by atoms with E-state index >= 15 is 0 Å². The lowest BCUT2D eigenvalue weighted by Crippen LogP contribution is -2.13. The Morgan fingerprint density at radius 1 is 1.26 bits per heavy atom. The summed E-state index contributed by atoms with van der Waals surface area (Å²) in [6.07, 6.45) is 0. The lowest BCUT2D eigenvalue weighted by atomic mass is 10.2. The molecule has 1 amide bonds. The largest absolute Gasteiger partial charge is 0.497 e. The molecule has 19 heavy (non-hydrogen) atoms. The van der Waals surface area contributed by atoms with E-state index in [9.17, 15) is 9.18 Å². The summed E-state index contributed by atoms with van der Waals surface area (Å²) in [4.78, 5) is 12.0. The number of carbonyl (C=O) groups is 1. The topological polar surface area (TPSA) is 38.3 Å². The van der Waals surface area contributed by atoms with Crippen molar-refractivity contribution in [3.05, 3.63) is 57.4 Å². The van der Waals surface area contributed by atoms with Crippen molar-refractivity contribution in [2.75, 3.05) is 12.4 Å². The maximum absolute atomic E-state index is 13.7. The molecule has 0 heterocycles. The Balaban J connectivity index is 2.20. The van der Waals surface area contributed by atoms with Crippen LogP contribution in [0.25, 0.3) is 0 Å². The van der Waals surface area contributed by atoms with Crippen LogP contribution in [0.1, 0.15) is 10.4 Å². The van der Waals surface area contributed by atoms with Gasteiger partial charge < -0.3 is 10.1 Å². The Hall–Kier alpha value is -1.63.